The number of benzene rings is 1. The Bertz CT molecular complexity index is 428. The highest BCUT2D eigenvalue weighted by molar-refractivity contribution is 7.90. The normalized spacial score (nSPS) is 13.9. The van der Waals surface area contributed by atoms with Gasteiger partial charge in [0.1, 0.15) is 0 Å². The van der Waals surface area contributed by atoms with Gasteiger partial charge in [-0.3, -0.25) is 0 Å². The van der Waals surface area contributed by atoms with Crippen LogP contribution in [-0.2, 0) is 16.4 Å². The standard InChI is InChI=1S/C12H19NO3S/c1-10(2)17(15,16)13-12(9-14)8-11-6-4-3-5-7-11/h3-7,10,12-14H,8-9H2,1-2H3. The molecule has 1 aromatic rings. The van der Waals surface area contributed by atoms with Gasteiger partial charge >= 0.3 is 0 Å². The molecule has 0 fully saturated rings. The Morgan fingerprint density at radius 2 is 1.82 bits per heavy atom. The van der Waals surface area contributed by atoms with E-state index in [-0.39, 0.29) is 6.61 Å². The fourth-order valence-corrected chi connectivity index (χ4v) is 2.31. The Kier molecular flexibility index (Phi) is 5.11. The number of sulfonamides is 1. The maximum Gasteiger partial charge on any atom is 0.214 e. The van der Waals surface area contributed by atoms with E-state index >= 15 is 0 Å². The first-order valence-electron chi connectivity index (χ1n) is 5.61. The first-order chi connectivity index (χ1) is 7.95. The Balaban J connectivity index is 2.68. The van der Waals surface area contributed by atoms with Gasteiger partial charge in [0, 0.05) is 6.04 Å². The molecule has 1 unspecified atom stereocenters. The molecule has 1 atom stereocenters. The van der Waals surface area contributed by atoms with Crippen LogP contribution >= 0.6 is 0 Å². The van der Waals surface area contributed by atoms with Crippen LogP contribution in [0, 0.1) is 0 Å². The van der Waals surface area contributed by atoms with Crippen LogP contribution in [0.25, 0.3) is 0 Å². The summed E-state index contributed by atoms with van der Waals surface area (Å²) in [7, 11) is -3.34. The zero-order valence-electron chi connectivity index (χ0n) is 10.1. The van der Waals surface area contributed by atoms with Crippen molar-refractivity contribution in [3.05, 3.63) is 35.9 Å². The van der Waals surface area contributed by atoms with Gasteiger partial charge in [-0.15, -0.1) is 0 Å². The highest BCUT2D eigenvalue weighted by Gasteiger charge is 2.20. The van der Waals surface area contributed by atoms with Crippen LogP contribution in [0.5, 0.6) is 0 Å². The van der Waals surface area contributed by atoms with Crippen LogP contribution in [0.3, 0.4) is 0 Å². The van der Waals surface area contributed by atoms with Crippen LogP contribution < -0.4 is 4.72 Å². The van der Waals surface area contributed by atoms with E-state index in [2.05, 4.69) is 4.72 Å². The number of nitrogens with one attached hydrogen (secondary N) is 1. The monoisotopic (exact) mass is 257 g/mol. The van der Waals surface area contributed by atoms with E-state index in [1.807, 2.05) is 30.3 Å². The molecule has 96 valence electrons. The predicted octanol–water partition coefficient (Wildman–Crippen LogP) is 0.918. The van der Waals surface area contributed by atoms with Crippen molar-refractivity contribution in [2.24, 2.45) is 0 Å². The summed E-state index contributed by atoms with van der Waals surface area (Å²) in [4.78, 5) is 0. The van der Waals surface area contributed by atoms with Gasteiger partial charge in [-0.25, -0.2) is 13.1 Å². The van der Waals surface area contributed by atoms with Gasteiger partial charge in [-0.2, -0.15) is 0 Å². The molecule has 1 aromatic carbocycles. The molecule has 0 saturated carbocycles. The quantitative estimate of drug-likeness (QED) is 0.796. The molecule has 0 aliphatic carbocycles. The minimum Gasteiger partial charge on any atom is -0.395 e. The zero-order valence-corrected chi connectivity index (χ0v) is 10.9. The molecule has 0 bridgehead atoms. The summed E-state index contributed by atoms with van der Waals surface area (Å²) in [5.41, 5.74) is 0.998. The molecular weight excluding hydrogens is 238 g/mol. The van der Waals surface area contributed by atoms with E-state index in [0.29, 0.717) is 6.42 Å². The topological polar surface area (TPSA) is 66.4 Å². The van der Waals surface area contributed by atoms with Gasteiger partial charge in [-0.1, -0.05) is 30.3 Å². The minimum atomic E-state index is -3.34. The minimum absolute atomic E-state index is 0.207. The molecule has 0 amide bonds. The molecule has 0 radical (unpaired) electrons. The van der Waals surface area contributed by atoms with E-state index in [9.17, 15) is 13.5 Å². The van der Waals surface area contributed by atoms with Crippen LogP contribution in [0.1, 0.15) is 19.4 Å². The van der Waals surface area contributed by atoms with Crippen LogP contribution in [0.2, 0.25) is 0 Å². The molecular formula is C12H19NO3S. The molecule has 0 aromatic heterocycles. The molecule has 0 aliphatic rings. The van der Waals surface area contributed by atoms with Gasteiger partial charge in [0.05, 0.1) is 11.9 Å². The SMILES string of the molecule is CC(C)S(=O)(=O)NC(CO)Cc1ccccc1. The second-order valence-corrected chi connectivity index (χ2v) is 6.55. The van der Waals surface area contributed by atoms with Gasteiger partial charge in [0.2, 0.25) is 10.0 Å². The Hall–Kier alpha value is -0.910. The van der Waals surface area contributed by atoms with Crippen molar-refractivity contribution in [1.29, 1.82) is 0 Å². The summed E-state index contributed by atoms with van der Waals surface area (Å²) < 4.78 is 25.8. The third kappa shape index (κ3) is 4.46. The Morgan fingerprint density at radius 1 is 1.24 bits per heavy atom. The lowest BCUT2D eigenvalue weighted by Crippen LogP contribution is -2.42. The second-order valence-electron chi connectivity index (χ2n) is 4.28. The van der Waals surface area contributed by atoms with Crippen molar-refractivity contribution in [2.45, 2.75) is 31.6 Å². The lowest BCUT2D eigenvalue weighted by Gasteiger charge is -2.18. The lowest BCUT2D eigenvalue weighted by molar-refractivity contribution is 0.256. The van der Waals surface area contributed by atoms with Crippen molar-refractivity contribution in [3.8, 4) is 0 Å². The molecule has 0 heterocycles. The van der Waals surface area contributed by atoms with Crippen LogP contribution in [0.15, 0.2) is 30.3 Å². The van der Waals surface area contributed by atoms with E-state index in [1.165, 1.54) is 0 Å². The van der Waals surface area contributed by atoms with Gasteiger partial charge in [-0.05, 0) is 25.8 Å². The smallest absolute Gasteiger partial charge is 0.214 e. The number of aliphatic hydroxyl groups is 1. The highest BCUT2D eigenvalue weighted by atomic mass is 32.2. The van der Waals surface area contributed by atoms with Crippen molar-refractivity contribution < 1.29 is 13.5 Å². The summed E-state index contributed by atoms with van der Waals surface area (Å²) >= 11 is 0. The first kappa shape index (κ1) is 14.2. The Morgan fingerprint density at radius 3 is 2.29 bits per heavy atom. The van der Waals surface area contributed by atoms with Crippen molar-refractivity contribution >= 4 is 10.0 Å². The van der Waals surface area contributed by atoms with Gasteiger partial charge < -0.3 is 5.11 Å². The summed E-state index contributed by atoms with van der Waals surface area (Å²) in [5.74, 6) is 0. The van der Waals surface area contributed by atoms with E-state index < -0.39 is 21.3 Å². The molecule has 0 saturated heterocycles. The fraction of sp³-hybridized carbons (Fsp3) is 0.500. The molecule has 17 heavy (non-hydrogen) atoms. The van der Waals surface area contributed by atoms with Crippen LogP contribution in [0.4, 0.5) is 0 Å². The molecule has 5 heteroatoms. The largest absolute Gasteiger partial charge is 0.395 e. The fourth-order valence-electron chi connectivity index (χ4n) is 1.41. The molecule has 1 rings (SSSR count). The van der Waals surface area contributed by atoms with Crippen molar-refractivity contribution in [1.82, 2.24) is 4.72 Å². The van der Waals surface area contributed by atoms with Gasteiger partial charge in [0.25, 0.3) is 0 Å². The average Bonchev–Trinajstić information content (AvgIpc) is 2.29. The maximum absolute atomic E-state index is 11.7. The average molecular weight is 257 g/mol. The molecule has 2 N–H and O–H groups in total. The van der Waals surface area contributed by atoms with E-state index in [1.54, 1.807) is 13.8 Å². The third-order valence-electron chi connectivity index (χ3n) is 2.50. The number of rotatable bonds is 6. The van der Waals surface area contributed by atoms with Gasteiger partial charge in [0.15, 0.2) is 0 Å². The Labute approximate surface area is 103 Å². The third-order valence-corrected chi connectivity index (χ3v) is 4.40. The second kappa shape index (κ2) is 6.14. The molecule has 0 aliphatic heterocycles. The zero-order chi connectivity index (χ0) is 12.9. The number of aliphatic hydroxyl groups excluding tert-OH is 1. The summed E-state index contributed by atoms with van der Waals surface area (Å²) in [6.45, 7) is 3.01. The summed E-state index contributed by atoms with van der Waals surface area (Å²) in [6, 6.07) is 9.03. The highest BCUT2D eigenvalue weighted by Crippen LogP contribution is 2.05. The van der Waals surface area contributed by atoms with Crippen LogP contribution in [-0.4, -0.2) is 31.4 Å². The predicted molar refractivity (Wildman–Crippen MR) is 68.2 cm³/mol. The summed E-state index contributed by atoms with van der Waals surface area (Å²) in [5, 5.41) is 8.71. The van der Waals surface area contributed by atoms with E-state index in [4.69, 9.17) is 0 Å². The maximum atomic E-state index is 11.7. The van der Waals surface area contributed by atoms with Crippen molar-refractivity contribution in [3.63, 3.8) is 0 Å². The van der Waals surface area contributed by atoms with E-state index in [0.717, 1.165) is 5.56 Å². The summed E-state index contributed by atoms with van der Waals surface area (Å²) in [6.07, 6.45) is 0.489. The lowest BCUT2D eigenvalue weighted by atomic mass is 10.1. The first-order valence-corrected chi connectivity index (χ1v) is 7.16. The molecule has 0 spiro atoms. The number of hydrogen-bond donors (Lipinski definition) is 2. The van der Waals surface area contributed by atoms with Crippen molar-refractivity contribution in [2.75, 3.05) is 6.61 Å². The molecule has 4 nitrogen and oxygen atoms in total. The number of hydrogen-bond acceptors (Lipinski definition) is 3.